The van der Waals surface area contributed by atoms with Crippen molar-refractivity contribution < 1.29 is 33.7 Å². The monoisotopic (exact) mass is 427 g/mol. The van der Waals surface area contributed by atoms with Crippen LogP contribution in [0.25, 0.3) is 0 Å². The largest absolute Gasteiger partial charge is 0.465 e. The van der Waals surface area contributed by atoms with Crippen LogP contribution < -0.4 is 0 Å². The predicted molar refractivity (Wildman–Crippen MR) is 106 cm³/mol. The molecule has 3 fully saturated rings. The highest BCUT2D eigenvalue weighted by Crippen LogP contribution is 2.22. The van der Waals surface area contributed by atoms with E-state index in [-0.39, 0.29) is 38.3 Å². The summed E-state index contributed by atoms with van der Waals surface area (Å²) in [7, 11) is 0. The average Bonchev–Trinajstić information content (AvgIpc) is 3.61. The minimum Gasteiger partial charge on any atom is -0.465 e. The molecule has 2 unspecified atom stereocenters. The molecule has 3 rings (SSSR count). The van der Waals surface area contributed by atoms with Crippen molar-refractivity contribution in [1.82, 2.24) is 14.7 Å². The molecular weight excluding hydrogens is 394 g/mol. The van der Waals surface area contributed by atoms with Gasteiger partial charge in [0.05, 0.1) is 18.4 Å². The van der Waals surface area contributed by atoms with Crippen LogP contribution in [0.15, 0.2) is 0 Å². The van der Waals surface area contributed by atoms with Gasteiger partial charge in [-0.15, -0.1) is 0 Å². The Labute approximate surface area is 177 Å². The molecular formula is C20H33N3O7. The summed E-state index contributed by atoms with van der Waals surface area (Å²) < 4.78 is 16.2. The van der Waals surface area contributed by atoms with Gasteiger partial charge in [0, 0.05) is 45.8 Å². The van der Waals surface area contributed by atoms with E-state index in [1.54, 1.807) is 13.8 Å². The van der Waals surface area contributed by atoms with E-state index in [1.165, 1.54) is 0 Å². The zero-order chi connectivity index (χ0) is 21.7. The Balaban J connectivity index is 1.54. The zero-order valence-corrected chi connectivity index (χ0v) is 17.9. The number of carbonyl (C=O) groups is 3. The lowest BCUT2D eigenvalue weighted by atomic mass is 9.92. The minimum absolute atomic E-state index is 0.195. The lowest BCUT2D eigenvalue weighted by molar-refractivity contribution is -0.168. The number of nitrogens with zero attached hydrogens (tertiary/aromatic N) is 3. The summed E-state index contributed by atoms with van der Waals surface area (Å²) in [4.78, 5) is 42.6. The van der Waals surface area contributed by atoms with E-state index >= 15 is 0 Å². The first kappa shape index (κ1) is 22.9. The summed E-state index contributed by atoms with van der Waals surface area (Å²) in [6, 6.07) is -0.747. The molecule has 2 atom stereocenters. The van der Waals surface area contributed by atoms with Crippen LogP contribution in [-0.2, 0) is 28.6 Å². The van der Waals surface area contributed by atoms with E-state index < -0.39 is 29.9 Å². The lowest BCUT2D eigenvalue weighted by Crippen LogP contribution is -2.44. The average molecular weight is 427 g/mol. The maximum Gasteiger partial charge on any atom is 0.323 e. The number of hydrogen-bond donors (Lipinski definition) is 1. The van der Waals surface area contributed by atoms with Gasteiger partial charge in [0.1, 0.15) is 31.9 Å². The number of rotatable bonds is 14. The van der Waals surface area contributed by atoms with E-state index in [4.69, 9.17) is 14.2 Å². The number of aliphatic hydroxyl groups is 1. The molecule has 3 saturated heterocycles. The molecule has 10 nitrogen and oxygen atoms in total. The predicted octanol–water partition coefficient (Wildman–Crippen LogP) is -1.29. The number of esters is 3. The molecule has 0 aromatic rings. The van der Waals surface area contributed by atoms with Crippen LogP contribution in [0.2, 0.25) is 0 Å². The number of ether oxygens (including phenoxy) is 3. The van der Waals surface area contributed by atoms with Crippen LogP contribution in [0.5, 0.6) is 0 Å². The van der Waals surface area contributed by atoms with Crippen LogP contribution in [0.1, 0.15) is 20.3 Å². The third-order valence-corrected chi connectivity index (χ3v) is 5.83. The van der Waals surface area contributed by atoms with Crippen LogP contribution in [-0.4, -0.2) is 122 Å². The standard InChI is InChI=1S/C20H33N3O7/c1-15(22-7-8-22)18(26)29-13-20(11-24,12-28-17(25)3-4-21-5-6-21)14-30-19(27)16(2)23-9-10-23/h15-16,24H,3-14H2,1-2H3. The van der Waals surface area contributed by atoms with Crippen molar-refractivity contribution in [2.45, 2.75) is 32.4 Å². The Bertz CT molecular complexity index is 598. The SMILES string of the molecule is CC(C(=O)OCC(CO)(COC(=O)CCN1CC1)COC(=O)C(C)N1CC1)N1CC1. The van der Waals surface area contributed by atoms with Gasteiger partial charge in [0.15, 0.2) is 0 Å². The summed E-state index contributed by atoms with van der Waals surface area (Å²) in [5.74, 6) is -1.23. The quantitative estimate of drug-likeness (QED) is 0.204. The number of carbonyl (C=O) groups excluding carboxylic acids is 3. The van der Waals surface area contributed by atoms with Gasteiger partial charge in [0.2, 0.25) is 0 Å². The summed E-state index contributed by atoms with van der Waals surface area (Å²) >= 11 is 0. The minimum atomic E-state index is -1.20. The van der Waals surface area contributed by atoms with Crippen molar-refractivity contribution in [1.29, 1.82) is 0 Å². The Morgan fingerprint density at radius 1 is 0.833 bits per heavy atom. The van der Waals surface area contributed by atoms with Crippen molar-refractivity contribution in [3.05, 3.63) is 0 Å². The Morgan fingerprint density at radius 2 is 1.30 bits per heavy atom. The maximum absolute atomic E-state index is 12.3. The molecule has 3 aliphatic rings. The van der Waals surface area contributed by atoms with Crippen molar-refractivity contribution in [2.75, 3.05) is 72.2 Å². The van der Waals surface area contributed by atoms with Gasteiger partial charge >= 0.3 is 17.9 Å². The normalized spacial score (nSPS) is 22.5. The highest BCUT2D eigenvalue weighted by Gasteiger charge is 2.39. The third kappa shape index (κ3) is 6.90. The molecule has 0 amide bonds. The molecule has 170 valence electrons. The van der Waals surface area contributed by atoms with Gasteiger partial charge in [-0.05, 0) is 13.8 Å². The zero-order valence-electron chi connectivity index (χ0n) is 17.9. The number of aliphatic hydroxyl groups excluding tert-OH is 1. The van der Waals surface area contributed by atoms with E-state index in [2.05, 4.69) is 4.90 Å². The topological polar surface area (TPSA) is 108 Å². The Hall–Kier alpha value is -1.75. The second-order valence-corrected chi connectivity index (χ2v) is 8.55. The molecule has 0 saturated carbocycles. The summed E-state index contributed by atoms with van der Waals surface area (Å²) in [6.07, 6.45) is 0.249. The van der Waals surface area contributed by atoms with Gasteiger partial charge < -0.3 is 24.2 Å². The van der Waals surface area contributed by atoms with Crippen LogP contribution in [0.3, 0.4) is 0 Å². The first-order valence-corrected chi connectivity index (χ1v) is 10.6. The fourth-order valence-corrected chi connectivity index (χ4v) is 2.99. The van der Waals surface area contributed by atoms with Crippen LogP contribution in [0.4, 0.5) is 0 Å². The molecule has 0 radical (unpaired) electrons. The number of hydrogen-bond acceptors (Lipinski definition) is 10. The van der Waals surface area contributed by atoms with Crippen molar-refractivity contribution in [2.24, 2.45) is 5.41 Å². The summed E-state index contributed by atoms with van der Waals surface area (Å²) in [5.41, 5.74) is -1.20. The first-order valence-electron chi connectivity index (χ1n) is 10.6. The summed E-state index contributed by atoms with van der Waals surface area (Å²) in [5, 5.41) is 10.1. The van der Waals surface area contributed by atoms with Gasteiger partial charge in [-0.1, -0.05) is 0 Å². The van der Waals surface area contributed by atoms with Gasteiger partial charge in [-0.3, -0.25) is 24.2 Å². The Morgan fingerprint density at radius 3 is 1.70 bits per heavy atom. The van der Waals surface area contributed by atoms with E-state index in [1.807, 2.05) is 9.80 Å². The van der Waals surface area contributed by atoms with Gasteiger partial charge in [-0.2, -0.15) is 0 Å². The molecule has 0 aromatic heterocycles. The van der Waals surface area contributed by atoms with Crippen molar-refractivity contribution >= 4 is 17.9 Å². The molecule has 3 aliphatic heterocycles. The second kappa shape index (κ2) is 10.0. The maximum atomic E-state index is 12.3. The van der Waals surface area contributed by atoms with Crippen LogP contribution >= 0.6 is 0 Å². The van der Waals surface area contributed by atoms with Gasteiger partial charge in [-0.25, -0.2) is 0 Å². The van der Waals surface area contributed by atoms with E-state index in [9.17, 15) is 19.5 Å². The molecule has 0 spiro atoms. The fraction of sp³-hybridized carbons (Fsp3) is 0.850. The van der Waals surface area contributed by atoms with E-state index in [0.29, 0.717) is 6.54 Å². The van der Waals surface area contributed by atoms with Crippen LogP contribution in [0, 0.1) is 5.41 Å². The highest BCUT2D eigenvalue weighted by molar-refractivity contribution is 5.76. The van der Waals surface area contributed by atoms with Crippen molar-refractivity contribution in [3.8, 4) is 0 Å². The molecule has 3 heterocycles. The van der Waals surface area contributed by atoms with Gasteiger partial charge in [0.25, 0.3) is 0 Å². The summed E-state index contributed by atoms with van der Waals surface area (Å²) in [6.45, 7) is 8.47. The highest BCUT2D eigenvalue weighted by atomic mass is 16.6. The molecule has 1 N–H and O–H groups in total. The molecule has 0 bridgehead atoms. The smallest absolute Gasteiger partial charge is 0.323 e. The second-order valence-electron chi connectivity index (χ2n) is 8.55. The fourth-order valence-electron chi connectivity index (χ4n) is 2.99. The Kier molecular flexibility index (Phi) is 7.67. The molecule has 10 heteroatoms. The molecule has 0 aliphatic carbocycles. The third-order valence-electron chi connectivity index (χ3n) is 5.83. The lowest BCUT2D eigenvalue weighted by Gasteiger charge is -2.31. The van der Waals surface area contributed by atoms with Crippen molar-refractivity contribution in [3.63, 3.8) is 0 Å². The van der Waals surface area contributed by atoms with E-state index in [0.717, 1.165) is 39.3 Å². The molecule has 0 aromatic carbocycles. The molecule has 30 heavy (non-hydrogen) atoms. The first-order chi connectivity index (χ1) is 14.3.